The van der Waals surface area contributed by atoms with Gasteiger partial charge < -0.3 is 10.7 Å². The summed E-state index contributed by atoms with van der Waals surface area (Å²) in [6.45, 7) is 6.45. The third kappa shape index (κ3) is 1.43. The average Bonchev–Trinajstić information content (AvgIpc) is 2.41. The molecule has 0 bridgehead atoms. The van der Waals surface area contributed by atoms with Gasteiger partial charge in [-0.3, -0.25) is 0 Å². The van der Waals surface area contributed by atoms with Gasteiger partial charge in [-0.1, -0.05) is 20.8 Å². The minimum Gasteiger partial charge on any atom is -0.369 e. The fraction of sp³-hybridized carbons (Fsp3) is 0.400. The highest BCUT2D eigenvalue weighted by Gasteiger charge is 2.15. The van der Waals surface area contributed by atoms with Gasteiger partial charge in [0.1, 0.15) is 0 Å². The molecule has 4 heteroatoms. The quantitative estimate of drug-likeness (QED) is 0.666. The molecule has 2 heterocycles. The molecule has 0 radical (unpaired) electrons. The lowest BCUT2D eigenvalue weighted by molar-refractivity contribution is 0.588. The Kier molecular flexibility index (Phi) is 1.74. The molecule has 3 N–H and O–H groups in total. The van der Waals surface area contributed by atoms with E-state index in [0.29, 0.717) is 11.6 Å². The lowest BCUT2D eigenvalue weighted by Gasteiger charge is -2.17. The minimum atomic E-state index is 0.0983. The van der Waals surface area contributed by atoms with Crippen LogP contribution >= 0.6 is 0 Å². The molecule has 4 nitrogen and oxygen atoms in total. The number of nitrogens with two attached hydrogens (primary N) is 1. The van der Waals surface area contributed by atoms with Crippen LogP contribution in [-0.2, 0) is 5.41 Å². The van der Waals surface area contributed by atoms with Crippen LogP contribution in [0.15, 0.2) is 12.3 Å². The lowest BCUT2D eigenvalue weighted by Crippen LogP contribution is -2.11. The van der Waals surface area contributed by atoms with Crippen LogP contribution in [0, 0.1) is 0 Å². The van der Waals surface area contributed by atoms with Crippen LogP contribution < -0.4 is 5.73 Å². The number of aromatic nitrogens is 3. The molecule has 0 fully saturated rings. The summed E-state index contributed by atoms with van der Waals surface area (Å²) in [4.78, 5) is 11.3. The molecule has 0 saturated heterocycles. The molecule has 0 aliphatic rings. The monoisotopic (exact) mass is 190 g/mol. The van der Waals surface area contributed by atoms with E-state index in [0.717, 1.165) is 5.52 Å². The first kappa shape index (κ1) is 8.99. The van der Waals surface area contributed by atoms with Crippen molar-refractivity contribution in [2.24, 2.45) is 0 Å². The highest BCUT2D eigenvalue weighted by Crippen LogP contribution is 2.23. The molecule has 0 saturated carbocycles. The molecule has 0 aromatic carbocycles. The summed E-state index contributed by atoms with van der Waals surface area (Å²) in [7, 11) is 0. The van der Waals surface area contributed by atoms with Crippen molar-refractivity contribution in [3.05, 3.63) is 17.8 Å². The van der Waals surface area contributed by atoms with Gasteiger partial charge in [0.15, 0.2) is 11.6 Å². The van der Waals surface area contributed by atoms with Gasteiger partial charge in [0.25, 0.3) is 0 Å². The summed E-state index contributed by atoms with van der Waals surface area (Å²) in [5, 5.41) is 0. The standard InChI is InChI=1S/C10H14N4/c1-10(2,3)6-4-7-8(12-5-6)14-9(11)13-7/h4-5H,1-3H3,(H3,11,12,13,14). The van der Waals surface area contributed by atoms with E-state index < -0.39 is 0 Å². The van der Waals surface area contributed by atoms with Crippen LogP contribution in [0.3, 0.4) is 0 Å². The van der Waals surface area contributed by atoms with Crippen molar-refractivity contribution in [2.45, 2.75) is 26.2 Å². The molecule has 2 aromatic heterocycles. The molecule has 0 spiro atoms. The molecule has 0 unspecified atom stereocenters. The van der Waals surface area contributed by atoms with Gasteiger partial charge in [0.2, 0.25) is 0 Å². The number of imidazole rings is 1. The summed E-state index contributed by atoms with van der Waals surface area (Å²) in [5.74, 6) is 0.415. The number of pyridine rings is 1. The van der Waals surface area contributed by atoms with Crippen LogP contribution in [-0.4, -0.2) is 15.0 Å². The van der Waals surface area contributed by atoms with E-state index in [1.165, 1.54) is 5.56 Å². The second kappa shape index (κ2) is 2.70. The Morgan fingerprint density at radius 3 is 2.71 bits per heavy atom. The zero-order valence-electron chi connectivity index (χ0n) is 8.63. The Labute approximate surface area is 82.6 Å². The zero-order valence-corrected chi connectivity index (χ0v) is 8.63. The Balaban J connectivity index is 2.62. The van der Waals surface area contributed by atoms with Crippen molar-refractivity contribution in [3.63, 3.8) is 0 Å². The summed E-state index contributed by atoms with van der Waals surface area (Å²) in [6.07, 6.45) is 1.85. The summed E-state index contributed by atoms with van der Waals surface area (Å²) >= 11 is 0. The van der Waals surface area contributed by atoms with Gasteiger partial charge in [-0.15, -0.1) is 0 Å². The molecule has 2 rings (SSSR count). The maximum atomic E-state index is 5.54. The average molecular weight is 190 g/mol. The van der Waals surface area contributed by atoms with Crippen molar-refractivity contribution >= 4 is 17.1 Å². The van der Waals surface area contributed by atoms with Gasteiger partial charge >= 0.3 is 0 Å². The highest BCUT2D eigenvalue weighted by atomic mass is 15.1. The lowest BCUT2D eigenvalue weighted by atomic mass is 9.88. The third-order valence-electron chi connectivity index (χ3n) is 2.22. The van der Waals surface area contributed by atoms with Crippen molar-refractivity contribution in [1.82, 2.24) is 15.0 Å². The number of hydrogen-bond donors (Lipinski definition) is 2. The second-order valence-electron chi connectivity index (χ2n) is 4.47. The van der Waals surface area contributed by atoms with E-state index in [1.807, 2.05) is 12.3 Å². The van der Waals surface area contributed by atoms with Gasteiger partial charge in [-0.25, -0.2) is 4.98 Å². The van der Waals surface area contributed by atoms with E-state index in [2.05, 4.69) is 35.7 Å². The zero-order chi connectivity index (χ0) is 10.3. The predicted octanol–water partition coefficient (Wildman–Crippen LogP) is 1.84. The topological polar surface area (TPSA) is 67.6 Å². The molecular formula is C10H14N4. The molecule has 74 valence electrons. The molecule has 2 aromatic rings. The smallest absolute Gasteiger partial charge is 0.200 e. The second-order valence-corrected chi connectivity index (χ2v) is 4.47. The number of nitrogen functional groups attached to an aromatic ring is 1. The number of hydrogen-bond acceptors (Lipinski definition) is 3. The number of nitrogens with zero attached hydrogens (tertiary/aromatic N) is 2. The summed E-state index contributed by atoms with van der Waals surface area (Å²) < 4.78 is 0. The minimum absolute atomic E-state index is 0.0983. The van der Waals surface area contributed by atoms with E-state index >= 15 is 0 Å². The number of anilines is 1. The number of aromatic amines is 1. The number of nitrogens with one attached hydrogen (secondary N) is 1. The largest absolute Gasteiger partial charge is 0.369 e. The molecule has 0 aliphatic heterocycles. The first-order valence-electron chi connectivity index (χ1n) is 4.58. The number of fused-ring (bicyclic) bond motifs is 1. The first-order chi connectivity index (χ1) is 6.47. The maximum Gasteiger partial charge on any atom is 0.200 e. The Morgan fingerprint density at radius 1 is 1.36 bits per heavy atom. The van der Waals surface area contributed by atoms with Crippen molar-refractivity contribution < 1.29 is 0 Å². The van der Waals surface area contributed by atoms with Crippen LogP contribution in [0.2, 0.25) is 0 Å². The fourth-order valence-corrected chi connectivity index (χ4v) is 1.33. The fourth-order valence-electron chi connectivity index (χ4n) is 1.33. The van der Waals surface area contributed by atoms with Crippen LogP contribution in [0.1, 0.15) is 26.3 Å². The van der Waals surface area contributed by atoms with Crippen LogP contribution in [0.25, 0.3) is 11.2 Å². The van der Waals surface area contributed by atoms with Crippen molar-refractivity contribution in [3.8, 4) is 0 Å². The van der Waals surface area contributed by atoms with E-state index in [4.69, 9.17) is 5.73 Å². The predicted molar refractivity (Wildman–Crippen MR) is 57.0 cm³/mol. The van der Waals surface area contributed by atoms with Crippen molar-refractivity contribution in [2.75, 3.05) is 5.73 Å². The van der Waals surface area contributed by atoms with Gasteiger partial charge in [-0.2, -0.15) is 4.98 Å². The molecule has 0 aliphatic carbocycles. The van der Waals surface area contributed by atoms with E-state index in [-0.39, 0.29) is 5.41 Å². The van der Waals surface area contributed by atoms with Crippen molar-refractivity contribution in [1.29, 1.82) is 0 Å². The third-order valence-corrected chi connectivity index (χ3v) is 2.22. The molecule has 0 amide bonds. The highest BCUT2D eigenvalue weighted by molar-refractivity contribution is 5.73. The normalized spacial score (nSPS) is 12.2. The van der Waals surface area contributed by atoms with Gasteiger partial charge in [0, 0.05) is 6.20 Å². The Hall–Kier alpha value is -1.58. The van der Waals surface area contributed by atoms with Crippen LogP contribution in [0.5, 0.6) is 0 Å². The first-order valence-corrected chi connectivity index (χ1v) is 4.58. The van der Waals surface area contributed by atoms with E-state index in [9.17, 15) is 0 Å². The summed E-state index contributed by atoms with van der Waals surface area (Å²) in [5.41, 5.74) is 8.39. The van der Waals surface area contributed by atoms with Gasteiger partial charge in [0.05, 0.1) is 5.52 Å². The van der Waals surface area contributed by atoms with E-state index in [1.54, 1.807) is 0 Å². The molecular weight excluding hydrogens is 176 g/mol. The SMILES string of the molecule is CC(C)(C)c1cnc2nc(N)[nH]c2c1. The number of rotatable bonds is 0. The molecule has 14 heavy (non-hydrogen) atoms. The number of H-pyrrole nitrogens is 1. The van der Waals surface area contributed by atoms with Crippen LogP contribution in [0.4, 0.5) is 5.95 Å². The summed E-state index contributed by atoms with van der Waals surface area (Å²) in [6, 6.07) is 2.05. The van der Waals surface area contributed by atoms with Gasteiger partial charge in [-0.05, 0) is 17.0 Å². The maximum absolute atomic E-state index is 5.54. The molecule has 0 atom stereocenters. The Morgan fingerprint density at radius 2 is 2.07 bits per heavy atom. The Bertz CT molecular complexity index is 464.